The normalized spacial score (nSPS) is 12.9. The number of rotatable bonds is 6. The molecule has 0 aliphatic rings. The Morgan fingerprint density at radius 1 is 1.60 bits per heavy atom. The molecule has 0 aromatic heterocycles. The molecule has 1 amide bonds. The number of hydroxylamine groups is 2. The number of aliphatic imine (C=N–C) groups is 1. The second-order valence-electron chi connectivity index (χ2n) is 3.60. The molecule has 0 unspecified atom stereocenters. The van der Waals surface area contributed by atoms with E-state index in [2.05, 4.69) is 4.99 Å². The van der Waals surface area contributed by atoms with Gasteiger partial charge in [-0.05, 0) is 0 Å². The van der Waals surface area contributed by atoms with Crippen LogP contribution in [0.4, 0.5) is 0 Å². The molecule has 15 heavy (non-hydrogen) atoms. The van der Waals surface area contributed by atoms with Crippen molar-refractivity contribution in [3.05, 3.63) is 0 Å². The third kappa shape index (κ3) is 5.42. The Hall–Kier alpha value is -1.04. The minimum absolute atomic E-state index is 0.246. The zero-order chi connectivity index (χ0) is 11.8. The molecule has 6 heteroatoms. The van der Waals surface area contributed by atoms with E-state index in [4.69, 9.17) is 4.84 Å². The van der Waals surface area contributed by atoms with E-state index in [0.29, 0.717) is 19.5 Å². The van der Waals surface area contributed by atoms with Gasteiger partial charge >= 0.3 is 89.9 Å². The molecule has 0 aliphatic carbocycles. The fourth-order valence-corrected chi connectivity index (χ4v) is 1.11. The number of amides is 1. The summed E-state index contributed by atoms with van der Waals surface area (Å²) in [6.45, 7) is 3.98. The third-order valence-corrected chi connectivity index (χ3v) is 1.89. The van der Waals surface area contributed by atoms with E-state index in [1.807, 2.05) is 13.8 Å². The van der Waals surface area contributed by atoms with Crippen LogP contribution in [0, 0.1) is 5.92 Å². The van der Waals surface area contributed by atoms with Crippen LogP contribution in [0.25, 0.3) is 0 Å². The molecule has 0 saturated heterocycles. The van der Waals surface area contributed by atoms with Crippen LogP contribution in [0.15, 0.2) is 4.99 Å². The van der Waals surface area contributed by atoms with Gasteiger partial charge in [0.2, 0.25) is 0 Å². The number of hydrogen-bond donors (Lipinski definition) is 0. The van der Waals surface area contributed by atoms with E-state index >= 15 is 0 Å². The van der Waals surface area contributed by atoms with E-state index in [-0.39, 0.29) is 5.91 Å². The third-order valence-electron chi connectivity index (χ3n) is 1.89. The van der Waals surface area contributed by atoms with Gasteiger partial charge in [0.1, 0.15) is 0 Å². The summed E-state index contributed by atoms with van der Waals surface area (Å²) >= 11 is 0. The van der Waals surface area contributed by atoms with Crippen LogP contribution in [0.5, 0.6) is 0 Å². The van der Waals surface area contributed by atoms with Gasteiger partial charge in [0, 0.05) is 0 Å². The molecular weight excluding hydrogens is 195 g/mol. The van der Waals surface area contributed by atoms with E-state index in [9.17, 15) is 9.50 Å². The van der Waals surface area contributed by atoms with E-state index < -0.39 is 6.04 Å². The average molecular weight is 212 g/mol. The van der Waals surface area contributed by atoms with E-state index in [1.165, 1.54) is 14.2 Å². The Bertz CT molecular complexity index is 244. The average Bonchev–Trinajstić information content (AvgIpc) is 2.21. The van der Waals surface area contributed by atoms with Gasteiger partial charge in [0.05, 0.1) is 0 Å². The van der Waals surface area contributed by atoms with Crippen molar-refractivity contribution in [1.82, 2.24) is 5.06 Å². The van der Waals surface area contributed by atoms with Crippen LogP contribution in [-0.4, -0.2) is 44.4 Å². The summed E-state index contributed by atoms with van der Waals surface area (Å²) < 4.78 is 10.2. The molecule has 0 saturated carbocycles. The Kier molecular flexibility index (Phi) is 6.78. The number of hydrogen-bond acceptors (Lipinski definition) is 4. The van der Waals surface area contributed by atoms with E-state index in [0.717, 1.165) is 11.2 Å². The van der Waals surface area contributed by atoms with Gasteiger partial charge in [-0.2, -0.15) is 0 Å². The van der Waals surface area contributed by atoms with Gasteiger partial charge in [0.15, 0.2) is 0 Å². The molecular formula is C9H17BN2O3. The number of nitrogens with zero attached hydrogens (tertiary/aromatic N) is 2. The van der Waals surface area contributed by atoms with Crippen molar-refractivity contribution in [1.29, 1.82) is 0 Å². The molecule has 0 heterocycles. The molecule has 0 radical (unpaired) electrons. The van der Waals surface area contributed by atoms with E-state index in [1.54, 1.807) is 0 Å². The zero-order valence-corrected chi connectivity index (χ0v) is 9.64. The second-order valence-corrected chi connectivity index (χ2v) is 3.60. The van der Waals surface area contributed by atoms with Gasteiger partial charge in [-0.1, -0.05) is 0 Å². The van der Waals surface area contributed by atoms with Crippen molar-refractivity contribution in [3.8, 4) is 0 Å². The molecule has 0 aromatic rings. The Morgan fingerprint density at radius 3 is 2.60 bits per heavy atom. The van der Waals surface area contributed by atoms with Gasteiger partial charge in [0.25, 0.3) is 0 Å². The van der Waals surface area contributed by atoms with Crippen LogP contribution in [0.2, 0.25) is 0 Å². The number of likely N-dealkylation sites (N-methyl/N-ethyl adjacent to an activating group) is 1. The maximum absolute atomic E-state index is 11.7. The van der Waals surface area contributed by atoms with Crippen LogP contribution in [0.3, 0.4) is 0 Å². The minimum atomic E-state index is -0.542. The molecule has 0 fully saturated rings. The first kappa shape index (κ1) is 14.0. The number of carbonyl (C=O) groups excluding carboxylic acids is 1. The van der Waals surface area contributed by atoms with Gasteiger partial charge in [-0.15, -0.1) is 0 Å². The maximum atomic E-state index is 11.7. The monoisotopic (exact) mass is 212 g/mol. The Morgan fingerprint density at radius 2 is 2.20 bits per heavy atom. The quantitative estimate of drug-likeness (QED) is 0.366. The summed E-state index contributed by atoms with van der Waals surface area (Å²) in [6.07, 6.45) is 1.70. The Balaban J connectivity index is 4.53. The first-order valence-corrected chi connectivity index (χ1v) is 4.81. The summed E-state index contributed by atoms with van der Waals surface area (Å²) in [5, 5.41) is 1.12. The molecule has 0 N–H and O–H groups in total. The van der Waals surface area contributed by atoms with Crippen LogP contribution >= 0.6 is 0 Å². The summed E-state index contributed by atoms with van der Waals surface area (Å²) in [5.74, 6) is 0.0808. The van der Waals surface area contributed by atoms with Crippen molar-refractivity contribution in [2.45, 2.75) is 26.3 Å². The fourth-order valence-electron chi connectivity index (χ4n) is 1.11. The summed E-state index contributed by atoms with van der Waals surface area (Å²) in [6, 6.07) is -0.542. The van der Waals surface area contributed by atoms with Crippen molar-refractivity contribution < 1.29 is 14.3 Å². The summed E-state index contributed by atoms with van der Waals surface area (Å²) in [4.78, 5) is 20.3. The van der Waals surface area contributed by atoms with Crippen molar-refractivity contribution in [2.24, 2.45) is 10.9 Å². The van der Waals surface area contributed by atoms with Crippen LogP contribution in [-0.2, 0) is 14.3 Å². The molecule has 0 rings (SSSR count). The predicted octanol–water partition coefficient (Wildman–Crippen LogP) is 0.499. The van der Waals surface area contributed by atoms with Gasteiger partial charge in [-0.25, -0.2) is 0 Å². The van der Waals surface area contributed by atoms with Gasteiger partial charge < -0.3 is 0 Å². The zero-order valence-electron chi connectivity index (χ0n) is 9.64. The van der Waals surface area contributed by atoms with Crippen molar-refractivity contribution in [2.75, 3.05) is 14.2 Å². The summed E-state index contributed by atoms with van der Waals surface area (Å²) in [7, 11) is 3.49. The van der Waals surface area contributed by atoms with Gasteiger partial charge in [-0.3, -0.25) is 0 Å². The molecule has 5 nitrogen and oxygen atoms in total. The second kappa shape index (κ2) is 7.28. The molecule has 0 aliphatic heterocycles. The van der Waals surface area contributed by atoms with Crippen LogP contribution in [0.1, 0.15) is 20.3 Å². The fraction of sp³-hybridized carbons (Fsp3) is 0.778. The topological polar surface area (TPSA) is 59.0 Å². The first-order valence-electron chi connectivity index (χ1n) is 4.81. The molecule has 1 atom stereocenters. The molecule has 84 valence electrons. The standard InChI is InChI=1S/C9H17BN2O3/c1-7(2)5-8(11-6-10-14)9(13)12(3)15-4/h6-8H,5H2,1-4H3/t8-/m0/s1. The molecule has 0 aromatic carbocycles. The van der Waals surface area contributed by atoms with Crippen LogP contribution < -0.4 is 0 Å². The summed E-state index contributed by atoms with van der Waals surface area (Å²) in [5.41, 5.74) is 0. The number of carbonyl (C=O) groups is 1. The SMILES string of the molecule is CON(C)C(=O)[C@H](CC(C)C)N=CB=O. The predicted molar refractivity (Wildman–Crippen MR) is 58.0 cm³/mol. The first-order chi connectivity index (χ1) is 7.02. The Labute approximate surface area is 90.7 Å². The van der Waals surface area contributed by atoms with Crippen molar-refractivity contribution in [3.63, 3.8) is 0 Å². The van der Waals surface area contributed by atoms with Crippen molar-refractivity contribution >= 4 is 19.2 Å². The molecule has 0 spiro atoms. The molecule has 0 bridgehead atoms.